The first kappa shape index (κ1) is 16.7. The quantitative estimate of drug-likeness (QED) is 0.884. The van der Waals surface area contributed by atoms with Crippen molar-refractivity contribution in [3.8, 4) is 0 Å². The molecule has 7 heteroatoms. The van der Waals surface area contributed by atoms with Gasteiger partial charge < -0.3 is 14.7 Å². The van der Waals surface area contributed by atoms with Crippen molar-refractivity contribution in [2.45, 2.75) is 26.7 Å². The lowest BCUT2D eigenvalue weighted by molar-refractivity contribution is 0.0793. The summed E-state index contributed by atoms with van der Waals surface area (Å²) in [6, 6.07) is 3.14. The molecule has 0 unspecified atom stereocenters. The first-order valence-corrected chi connectivity index (χ1v) is 7.46. The van der Waals surface area contributed by atoms with Gasteiger partial charge in [0.25, 0.3) is 11.8 Å². The molecule has 0 aromatic carbocycles. The van der Waals surface area contributed by atoms with Crippen LogP contribution < -0.4 is 5.32 Å². The van der Waals surface area contributed by atoms with Crippen LogP contribution in [0.25, 0.3) is 0 Å². The number of nitrogens with one attached hydrogen (secondary N) is 1. The fraction of sp³-hybridized carbons (Fsp3) is 0.375. The van der Waals surface area contributed by atoms with Gasteiger partial charge >= 0.3 is 0 Å². The van der Waals surface area contributed by atoms with Crippen LogP contribution in [0.1, 0.15) is 46.2 Å². The number of anilines is 1. The molecule has 0 aliphatic heterocycles. The molecule has 2 amide bonds. The summed E-state index contributed by atoms with van der Waals surface area (Å²) in [6.45, 7) is 4.47. The maximum Gasteiger partial charge on any atom is 0.258 e. The van der Waals surface area contributed by atoms with E-state index in [1.807, 2.05) is 0 Å². The van der Waals surface area contributed by atoms with E-state index in [4.69, 9.17) is 4.52 Å². The number of hydrogen-bond donors (Lipinski definition) is 1. The van der Waals surface area contributed by atoms with Crippen LogP contribution in [0.3, 0.4) is 0 Å². The second-order valence-electron chi connectivity index (χ2n) is 5.32. The largest absolute Gasteiger partial charge is 0.360 e. The third-order valence-corrected chi connectivity index (χ3v) is 3.31. The van der Waals surface area contributed by atoms with Gasteiger partial charge in [0.15, 0.2) is 5.82 Å². The van der Waals surface area contributed by atoms with Crippen LogP contribution >= 0.6 is 0 Å². The van der Waals surface area contributed by atoms with Crippen molar-refractivity contribution in [2.75, 3.05) is 18.9 Å². The highest BCUT2D eigenvalue weighted by molar-refractivity contribution is 6.05. The van der Waals surface area contributed by atoms with Crippen molar-refractivity contribution >= 4 is 17.6 Å². The molecule has 0 bridgehead atoms. The predicted octanol–water partition coefficient (Wildman–Crippen LogP) is 2.50. The molecule has 0 aliphatic rings. The van der Waals surface area contributed by atoms with E-state index in [1.165, 1.54) is 18.5 Å². The molecule has 0 saturated carbocycles. The number of aryl methyl sites for hydroxylation is 1. The molecule has 0 fully saturated rings. The van der Waals surface area contributed by atoms with E-state index in [0.29, 0.717) is 29.2 Å². The number of pyridine rings is 1. The summed E-state index contributed by atoms with van der Waals surface area (Å²) in [7, 11) is 1.74. The Labute approximate surface area is 134 Å². The summed E-state index contributed by atoms with van der Waals surface area (Å²) >= 11 is 0. The summed E-state index contributed by atoms with van der Waals surface area (Å²) in [4.78, 5) is 30.1. The number of unbranched alkanes of at least 4 members (excludes halogenated alkanes) is 1. The summed E-state index contributed by atoms with van der Waals surface area (Å²) in [5.74, 6) is 0.374. The normalized spacial score (nSPS) is 10.4. The standard InChI is InChI=1S/C16H20N4O3/c1-4-5-6-20(3)16(22)13-8-12(9-17-10-13)15(21)18-14-7-11(2)23-19-14/h7-10H,4-6H2,1-3H3,(H,18,19,21). The van der Waals surface area contributed by atoms with Crippen molar-refractivity contribution in [2.24, 2.45) is 0 Å². The summed E-state index contributed by atoms with van der Waals surface area (Å²) in [6.07, 6.45) is 4.81. The van der Waals surface area contributed by atoms with E-state index < -0.39 is 5.91 Å². The Morgan fingerprint density at radius 1 is 1.26 bits per heavy atom. The molecule has 2 aromatic rings. The maximum absolute atomic E-state index is 12.3. The number of carbonyl (C=O) groups is 2. The van der Waals surface area contributed by atoms with Gasteiger partial charge in [-0.15, -0.1) is 0 Å². The fourth-order valence-corrected chi connectivity index (χ4v) is 2.01. The summed E-state index contributed by atoms with van der Waals surface area (Å²) < 4.78 is 4.89. The lowest BCUT2D eigenvalue weighted by Gasteiger charge is -2.16. The van der Waals surface area contributed by atoms with Gasteiger partial charge in [0, 0.05) is 32.1 Å². The van der Waals surface area contributed by atoms with Crippen molar-refractivity contribution in [1.29, 1.82) is 0 Å². The zero-order chi connectivity index (χ0) is 16.8. The van der Waals surface area contributed by atoms with Crippen molar-refractivity contribution in [3.63, 3.8) is 0 Å². The van der Waals surface area contributed by atoms with Gasteiger partial charge in [-0.05, 0) is 19.4 Å². The lowest BCUT2D eigenvalue weighted by atomic mass is 10.1. The van der Waals surface area contributed by atoms with E-state index in [1.54, 1.807) is 24.9 Å². The zero-order valence-electron chi connectivity index (χ0n) is 13.5. The van der Waals surface area contributed by atoms with Crippen LogP contribution in [0.5, 0.6) is 0 Å². The number of hydrogen-bond acceptors (Lipinski definition) is 5. The van der Waals surface area contributed by atoms with Gasteiger partial charge in [-0.2, -0.15) is 0 Å². The van der Waals surface area contributed by atoms with Crippen LogP contribution in [-0.2, 0) is 0 Å². The minimum absolute atomic E-state index is 0.155. The Morgan fingerprint density at radius 2 is 2.00 bits per heavy atom. The van der Waals surface area contributed by atoms with Crippen molar-refractivity contribution < 1.29 is 14.1 Å². The number of carbonyl (C=O) groups excluding carboxylic acids is 2. The molecule has 0 atom stereocenters. The van der Waals surface area contributed by atoms with Gasteiger partial charge in [0.05, 0.1) is 11.1 Å². The monoisotopic (exact) mass is 316 g/mol. The second kappa shape index (κ2) is 7.53. The molecule has 7 nitrogen and oxygen atoms in total. The molecule has 0 spiro atoms. The average Bonchev–Trinajstić information content (AvgIpc) is 2.96. The first-order valence-electron chi connectivity index (χ1n) is 7.46. The Hall–Kier alpha value is -2.70. The fourth-order valence-electron chi connectivity index (χ4n) is 2.01. The molecule has 2 heterocycles. The molecule has 0 radical (unpaired) electrons. The first-order chi connectivity index (χ1) is 11.0. The lowest BCUT2D eigenvalue weighted by Crippen LogP contribution is -2.28. The Balaban J connectivity index is 2.09. The van der Waals surface area contributed by atoms with Crippen LogP contribution in [-0.4, -0.2) is 40.4 Å². The van der Waals surface area contributed by atoms with Gasteiger partial charge in [-0.25, -0.2) is 0 Å². The Morgan fingerprint density at radius 3 is 2.65 bits per heavy atom. The molecule has 2 rings (SSSR count). The minimum Gasteiger partial charge on any atom is -0.360 e. The van der Waals surface area contributed by atoms with E-state index >= 15 is 0 Å². The van der Waals surface area contributed by atoms with E-state index in [9.17, 15) is 9.59 Å². The second-order valence-corrected chi connectivity index (χ2v) is 5.32. The number of nitrogens with zero attached hydrogens (tertiary/aromatic N) is 3. The highest BCUT2D eigenvalue weighted by Crippen LogP contribution is 2.11. The van der Waals surface area contributed by atoms with E-state index in [-0.39, 0.29) is 5.91 Å². The van der Waals surface area contributed by atoms with Crippen molar-refractivity contribution in [1.82, 2.24) is 15.0 Å². The summed E-state index contributed by atoms with van der Waals surface area (Å²) in [5.41, 5.74) is 0.674. The van der Waals surface area contributed by atoms with Crippen LogP contribution in [0.4, 0.5) is 5.82 Å². The van der Waals surface area contributed by atoms with Crippen molar-refractivity contribution in [3.05, 3.63) is 41.4 Å². The molecule has 122 valence electrons. The molecule has 23 heavy (non-hydrogen) atoms. The molecule has 1 N–H and O–H groups in total. The molecular formula is C16H20N4O3. The van der Waals surface area contributed by atoms with Gasteiger partial charge in [0.2, 0.25) is 0 Å². The number of amides is 2. The highest BCUT2D eigenvalue weighted by Gasteiger charge is 2.15. The summed E-state index contributed by atoms with van der Waals surface area (Å²) in [5, 5.41) is 6.30. The average molecular weight is 316 g/mol. The molecule has 2 aromatic heterocycles. The smallest absolute Gasteiger partial charge is 0.258 e. The van der Waals surface area contributed by atoms with Gasteiger partial charge in [0.1, 0.15) is 5.76 Å². The van der Waals surface area contributed by atoms with Crippen LogP contribution in [0, 0.1) is 6.92 Å². The third kappa shape index (κ3) is 4.38. The molecule has 0 aliphatic carbocycles. The molecular weight excluding hydrogens is 296 g/mol. The van der Waals surface area contributed by atoms with E-state index in [2.05, 4.69) is 22.4 Å². The SMILES string of the molecule is CCCCN(C)C(=O)c1cncc(C(=O)Nc2cc(C)on2)c1. The topological polar surface area (TPSA) is 88.3 Å². The zero-order valence-corrected chi connectivity index (χ0v) is 13.5. The predicted molar refractivity (Wildman–Crippen MR) is 85.3 cm³/mol. The van der Waals surface area contributed by atoms with Gasteiger partial charge in [-0.3, -0.25) is 14.6 Å². The van der Waals surface area contributed by atoms with E-state index in [0.717, 1.165) is 12.8 Å². The number of aromatic nitrogens is 2. The maximum atomic E-state index is 12.3. The Kier molecular flexibility index (Phi) is 5.46. The Bertz CT molecular complexity index is 696. The van der Waals surface area contributed by atoms with Gasteiger partial charge in [-0.1, -0.05) is 18.5 Å². The minimum atomic E-state index is -0.392. The number of rotatable bonds is 6. The van der Waals surface area contributed by atoms with Crippen LogP contribution in [0.2, 0.25) is 0 Å². The third-order valence-electron chi connectivity index (χ3n) is 3.31. The van der Waals surface area contributed by atoms with Crippen LogP contribution in [0.15, 0.2) is 29.0 Å². The highest BCUT2D eigenvalue weighted by atomic mass is 16.5. The molecule has 0 saturated heterocycles.